The summed E-state index contributed by atoms with van der Waals surface area (Å²) in [4.78, 5) is 39.5. The predicted molar refractivity (Wildman–Crippen MR) is 97.0 cm³/mol. The number of nitrogens with zero attached hydrogens (tertiary/aromatic N) is 2. The van der Waals surface area contributed by atoms with Crippen molar-refractivity contribution < 1.29 is 27.9 Å². The van der Waals surface area contributed by atoms with Gasteiger partial charge in [-0.05, 0) is 43.5 Å². The molecule has 1 aliphatic heterocycles. The fourth-order valence-electron chi connectivity index (χ4n) is 3.25. The van der Waals surface area contributed by atoms with Gasteiger partial charge in [-0.15, -0.1) is 0 Å². The minimum Gasteiger partial charge on any atom is -0.468 e. The van der Waals surface area contributed by atoms with Crippen LogP contribution in [0, 0.1) is 11.6 Å². The molecule has 2 atom stereocenters. The number of benzene rings is 1. The van der Waals surface area contributed by atoms with Gasteiger partial charge in [-0.2, -0.15) is 0 Å². The number of hydrogen-bond donors (Lipinski definition) is 1. The van der Waals surface area contributed by atoms with Crippen molar-refractivity contribution in [1.29, 1.82) is 0 Å². The highest BCUT2D eigenvalue weighted by molar-refractivity contribution is 5.90. The number of carbonyl (C=O) groups excluding carboxylic acids is 3. The summed E-state index contributed by atoms with van der Waals surface area (Å²) in [5, 5.41) is 0. The number of halogens is 2. The first-order valence-corrected chi connectivity index (χ1v) is 9.07. The summed E-state index contributed by atoms with van der Waals surface area (Å²) in [6, 6.07) is 1.62. The maximum atomic E-state index is 13.8. The van der Waals surface area contributed by atoms with E-state index >= 15 is 0 Å². The fraction of sp³-hybridized carbons (Fsp3) is 0.526. The lowest BCUT2D eigenvalue weighted by molar-refractivity contribution is -0.149. The van der Waals surface area contributed by atoms with E-state index in [2.05, 4.69) is 4.74 Å². The third kappa shape index (κ3) is 5.48. The van der Waals surface area contributed by atoms with Crippen molar-refractivity contribution in [2.45, 2.75) is 38.3 Å². The van der Waals surface area contributed by atoms with Crippen LogP contribution in [-0.2, 0) is 25.5 Å². The minimum atomic E-state index is -0.752. The first-order chi connectivity index (χ1) is 13.2. The minimum absolute atomic E-state index is 0.0000334. The lowest BCUT2D eigenvalue weighted by atomic mass is 10.0. The van der Waals surface area contributed by atoms with Crippen LogP contribution in [0.15, 0.2) is 18.2 Å². The zero-order valence-electron chi connectivity index (χ0n) is 16.0. The molecule has 0 saturated carbocycles. The average Bonchev–Trinajstić information content (AvgIpc) is 2.78. The molecule has 1 aliphatic rings. The number of amides is 2. The highest BCUT2D eigenvalue weighted by Gasteiger charge is 2.33. The summed E-state index contributed by atoms with van der Waals surface area (Å²) in [5.41, 5.74) is 6.07. The molecule has 1 unspecified atom stereocenters. The van der Waals surface area contributed by atoms with E-state index in [4.69, 9.17) is 5.73 Å². The van der Waals surface area contributed by atoms with Crippen molar-refractivity contribution in [2.24, 2.45) is 5.73 Å². The SMILES string of the molecule is COC(=O)CN1CCCN(C(=O)C[C@H](N)Cc2cc(F)ccc2F)C(C)C1=O. The molecular formula is C19H25F2N3O4. The van der Waals surface area contributed by atoms with Crippen LogP contribution in [0.4, 0.5) is 8.78 Å². The highest BCUT2D eigenvalue weighted by Crippen LogP contribution is 2.16. The van der Waals surface area contributed by atoms with Crippen molar-refractivity contribution in [1.82, 2.24) is 9.80 Å². The Morgan fingerprint density at radius 1 is 1.32 bits per heavy atom. The molecule has 0 bridgehead atoms. The number of rotatable bonds is 6. The summed E-state index contributed by atoms with van der Waals surface area (Å²) in [5.74, 6) is -2.38. The van der Waals surface area contributed by atoms with Gasteiger partial charge in [0, 0.05) is 25.6 Å². The summed E-state index contributed by atoms with van der Waals surface area (Å²) in [7, 11) is 1.24. The summed E-state index contributed by atoms with van der Waals surface area (Å²) in [6.45, 7) is 2.10. The Labute approximate surface area is 162 Å². The van der Waals surface area contributed by atoms with Crippen LogP contribution in [-0.4, -0.2) is 66.4 Å². The molecule has 1 fully saturated rings. The molecule has 9 heteroatoms. The molecule has 1 aromatic rings. The number of esters is 1. The van der Waals surface area contributed by atoms with Crippen LogP contribution in [0.3, 0.4) is 0 Å². The first-order valence-electron chi connectivity index (χ1n) is 9.07. The predicted octanol–water partition coefficient (Wildman–Crippen LogP) is 0.847. The van der Waals surface area contributed by atoms with E-state index in [9.17, 15) is 23.2 Å². The van der Waals surface area contributed by atoms with Gasteiger partial charge in [-0.25, -0.2) is 8.78 Å². The van der Waals surface area contributed by atoms with Crippen LogP contribution in [0.1, 0.15) is 25.3 Å². The second-order valence-corrected chi connectivity index (χ2v) is 6.86. The van der Waals surface area contributed by atoms with Gasteiger partial charge in [0.1, 0.15) is 24.2 Å². The van der Waals surface area contributed by atoms with Crippen molar-refractivity contribution >= 4 is 17.8 Å². The average molecular weight is 397 g/mol. The number of ether oxygens (including phenoxy) is 1. The Hall–Kier alpha value is -2.55. The van der Waals surface area contributed by atoms with E-state index in [1.165, 1.54) is 16.9 Å². The van der Waals surface area contributed by atoms with Crippen LogP contribution in [0.2, 0.25) is 0 Å². The van der Waals surface area contributed by atoms with E-state index in [-0.39, 0.29) is 36.8 Å². The maximum Gasteiger partial charge on any atom is 0.325 e. The largest absolute Gasteiger partial charge is 0.468 e. The Balaban J connectivity index is 2.00. The Kier molecular flexibility index (Phi) is 7.45. The first kappa shape index (κ1) is 21.7. The molecule has 154 valence electrons. The van der Waals surface area contributed by atoms with Crippen LogP contribution in [0.25, 0.3) is 0 Å². The molecule has 2 amide bonds. The number of nitrogens with two attached hydrogens (primary N) is 1. The van der Waals surface area contributed by atoms with E-state index in [1.54, 1.807) is 6.92 Å². The molecule has 2 N–H and O–H groups in total. The zero-order valence-corrected chi connectivity index (χ0v) is 16.0. The topological polar surface area (TPSA) is 92.9 Å². The van der Waals surface area contributed by atoms with Gasteiger partial charge in [0.15, 0.2) is 0 Å². The van der Waals surface area contributed by atoms with E-state index in [1.807, 2.05) is 0 Å². The molecule has 1 heterocycles. The Bertz CT molecular complexity index is 744. The van der Waals surface area contributed by atoms with E-state index in [0.717, 1.165) is 18.2 Å². The van der Waals surface area contributed by atoms with Gasteiger partial charge in [0.25, 0.3) is 0 Å². The Morgan fingerprint density at radius 3 is 2.71 bits per heavy atom. The standard InChI is InChI=1S/C19H25F2N3O4/c1-12-19(27)23(11-18(26)28-2)6-3-7-24(12)17(25)10-15(22)9-13-8-14(20)4-5-16(13)21/h4-5,8,12,15H,3,6-7,9-11,22H2,1-2H3/t12?,15-/m1/s1. The monoisotopic (exact) mass is 397 g/mol. The summed E-state index contributed by atoms with van der Waals surface area (Å²) >= 11 is 0. The number of methoxy groups -OCH3 is 1. The molecule has 7 nitrogen and oxygen atoms in total. The summed E-state index contributed by atoms with van der Waals surface area (Å²) in [6.07, 6.45) is 0.400. The van der Waals surface area contributed by atoms with Gasteiger partial charge >= 0.3 is 5.97 Å². The molecule has 1 saturated heterocycles. The van der Waals surface area contributed by atoms with Gasteiger partial charge in [-0.1, -0.05) is 0 Å². The highest BCUT2D eigenvalue weighted by atomic mass is 19.1. The molecule has 1 aromatic carbocycles. The fourth-order valence-corrected chi connectivity index (χ4v) is 3.25. The van der Waals surface area contributed by atoms with Crippen molar-refractivity contribution in [3.63, 3.8) is 0 Å². The molecule has 0 aromatic heterocycles. The molecular weight excluding hydrogens is 372 g/mol. The van der Waals surface area contributed by atoms with Crippen molar-refractivity contribution in [3.8, 4) is 0 Å². The van der Waals surface area contributed by atoms with E-state index in [0.29, 0.717) is 19.5 Å². The lowest BCUT2D eigenvalue weighted by Crippen LogP contribution is -2.48. The van der Waals surface area contributed by atoms with Crippen molar-refractivity contribution in [2.75, 3.05) is 26.7 Å². The summed E-state index contributed by atoms with van der Waals surface area (Å²) < 4.78 is 31.6. The number of carbonyl (C=O) groups is 3. The quantitative estimate of drug-likeness (QED) is 0.719. The van der Waals surface area contributed by atoms with Gasteiger partial charge in [-0.3, -0.25) is 14.4 Å². The second kappa shape index (κ2) is 9.59. The second-order valence-electron chi connectivity index (χ2n) is 6.86. The van der Waals surface area contributed by atoms with E-state index < -0.39 is 29.7 Å². The maximum absolute atomic E-state index is 13.8. The normalized spacial score (nSPS) is 18.6. The third-order valence-corrected chi connectivity index (χ3v) is 4.76. The van der Waals surface area contributed by atoms with Gasteiger partial charge in [0.05, 0.1) is 7.11 Å². The molecule has 2 rings (SSSR count). The number of hydrogen-bond acceptors (Lipinski definition) is 5. The molecule has 0 radical (unpaired) electrons. The smallest absolute Gasteiger partial charge is 0.325 e. The zero-order chi connectivity index (χ0) is 20.8. The van der Waals surface area contributed by atoms with Crippen LogP contribution >= 0.6 is 0 Å². The Morgan fingerprint density at radius 2 is 2.04 bits per heavy atom. The van der Waals surface area contributed by atoms with Gasteiger partial charge in [0.2, 0.25) is 11.8 Å². The van der Waals surface area contributed by atoms with Gasteiger partial charge < -0.3 is 20.3 Å². The molecule has 28 heavy (non-hydrogen) atoms. The lowest BCUT2D eigenvalue weighted by Gasteiger charge is -2.28. The van der Waals surface area contributed by atoms with Crippen LogP contribution in [0.5, 0.6) is 0 Å². The van der Waals surface area contributed by atoms with Crippen molar-refractivity contribution in [3.05, 3.63) is 35.4 Å². The van der Waals surface area contributed by atoms with Crippen LogP contribution < -0.4 is 5.73 Å². The molecule has 0 spiro atoms. The third-order valence-electron chi connectivity index (χ3n) is 4.76. The molecule has 0 aliphatic carbocycles.